The van der Waals surface area contributed by atoms with Crippen LogP contribution >= 0.6 is 0 Å². The smallest absolute Gasteiger partial charge is 0.420 e. The summed E-state index contributed by atoms with van der Waals surface area (Å²) in [6.45, 7) is 0.988. The maximum atomic E-state index is 14.2. The van der Waals surface area contributed by atoms with Crippen LogP contribution < -0.4 is 15.8 Å². The Morgan fingerprint density at radius 1 is 0.870 bits per heavy atom. The summed E-state index contributed by atoms with van der Waals surface area (Å²) < 4.78 is 56.1. The molecule has 0 saturated heterocycles. The number of nitrogens with zero attached hydrogens (tertiary/aromatic N) is 1. The highest BCUT2D eigenvalue weighted by Crippen LogP contribution is 2.26. The molecule has 0 atom stereocenters. The molecule has 0 spiro atoms. The molecule has 3 N–H and O–H groups in total. The van der Waals surface area contributed by atoms with Crippen molar-refractivity contribution >= 4 is 23.9 Å². The standard InChI is InChI=1S/C35H31F4N3O4/c36-31-11-4-1-7-26(31)14-17-32(43)42(21-18-24-12-15-28(16-13-24)46-34(45)35(37,38)39)23-25-6-5-8-27(22-25)29-9-2-3-10-30(29)33(44)41-20-19-40/h1-17,22H,18-21,23,40H2,(H,41,44)/b17-14+. The average molecular weight is 634 g/mol. The topological polar surface area (TPSA) is 102 Å². The average Bonchev–Trinajstić information content (AvgIpc) is 3.05. The van der Waals surface area contributed by atoms with E-state index >= 15 is 0 Å². The summed E-state index contributed by atoms with van der Waals surface area (Å²) in [5.74, 6) is -3.72. The van der Waals surface area contributed by atoms with E-state index in [2.05, 4.69) is 10.1 Å². The summed E-state index contributed by atoms with van der Waals surface area (Å²) in [7, 11) is 0. The monoisotopic (exact) mass is 633 g/mol. The third kappa shape index (κ3) is 9.35. The highest BCUT2D eigenvalue weighted by atomic mass is 19.4. The second-order valence-electron chi connectivity index (χ2n) is 10.2. The van der Waals surface area contributed by atoms with Gasteiger partial charge in [-0.25, -0.2) is 9.18 Å². The molecule has 11 heteroatoms. The largest absolute Gasteiger partial charge is 0.491 e. The molecular formula is C35H31F4N3O4. The van der Waals surface area contributed by atoms with Gasteiger partial charge in [0.25, 0.3) is 5.91 Å². The number of rotatable bonds is 12. The molecule has 7 nitrogen and oxygen atoms in total. The van der Waals surface area contributed by atoms with E-state index < -0.39 is 23.9 Å². The number of amides is 2. The quantitative estimate of drug-likeness (QED) is 0.0872. The van der Waals surface area contributed by atoms with Crippen molar-refractivity contribution in [2.24, 2.45) is 5.73 Å². The van der Waals surface area contributed by atoms with Crippen LogP contribution in [0.25, 0.3) is 17.2 Å². The van der Waals surface area contributed by atoms with Crippen LogP contribution in [0.2, 0.25) is 0 Å². The number of hydrogen-bond donors (Lipinski definition) is 2. The second-order valence-corrected chi connectivity index (χ2v) is 10.2. The zero-order valence-corrected chi connectivity index (χ0v) is 24.6. The summed E-state index contributed by atoms with van der Waals surface area (Å²) in [5.41, 5.74) is 9.13. The van der Waals surface area contributed by atoms with Gasteiger partial charge in [0, 0.05) is 43.4 Å². The number of carbonyl (C=O) groups is 3. The van der Waals surface area contributed by atoms with E-state index in [1.807, 2.05) is 36.4 Å². The fourth-order valence-corrected chi connectivity index (χ4v) is 4.57. The maximum Gasteiger partial charge on any atom is 0.491 e. The molecule has 238 valence electrons. The molecule has 0 aliphatic carbocycles. The summed E-state index contributed by atoms with van der Waals surface area (Å²) >= 11 is 0. The van der Waals surface area contributed by atoms with Crippen LogP contribution in [0.5, 0.6) is 5.75 Å². The van der Waals surface area contributed by atoms with E-state index in [0.717, 1.165) is 11.1 Å². The van der Waals surface area contributed by atoms with E-state index in [9.17, 15) is 31.9 Å². The van der Waals surface area contributed by atoms with Crippen molar-refractivity contribution in [3.05, 3.63) is 131 Å². The van der Waals surface area contributed by atoms with Gasteiger partial charge in [-0.1, -0.05) is 66.7 Å². The van der Waals surface area contributed by atoms with Gasteiger partial charge in [0.15, 0.2) is 0 Å². The minimum Gasteiger partial charge on any atom is -0.420 e. The fraction of sp³-hybridized carbons (Fsp3) is 0.171. The van der Waals surface area contributed by atoms with Crippen molar-refractivity contribution in [1.29, 1.82) is 0 Å². The first kappa shape index (κ1) is 33.6. The first-order valence-corrected chi connectivity index (χ1v) is 14.3. The lowest BCUT2D eigenvalue weighted by Crippen LogP contribution is -2.31. The Morgan fingerprint density at radius 2 is 1.59 bits per heavy atom. The Balaban J connectivity index is 1.56. The van der Waals surface area contributed by atoms with Crippen LogP contribution in [0.1, 0.15) is 27.0 Å². The third-order valence-corrected chi connectivity index (χ3v) is 6.87. The molecule has 0 fully saturated rings. The highest BCUT2D eigenvalue weighted by Gasteiger charge is 2.41. The zero-order valence-electron chi connectivity index (χ0n) is 24.6. The Hall–Kier alpha value is -5.29. The molecule has 4 aromatic carbocycles. The molecule has 0 saturated carbocycles. The van der Waals surface area contributed by atoms with Gasteiger partial charge in [-0.3, -0.25) is 9.59 Å². The minimum absolute atomic E-state index is 0.164. The third-order valence-electron chi connectivity index (χ3n) is 6.87. The summed E-state index contributed by atoms with van der Waals surface area (Å²) in [5, 5.41) is 2.78. The minimum atomic E-state index is -5.12. The van der Waals surface area contributed by atoms with Crippen molar-refractivity contribution in [3.8, 4) is 16.9 Å². The van der Waals surface area contributed by atoms with E-state index in [4.69, 9.17) is 5.73 Å². The Bertz CT molecular complexity index is 1700. The summed E-state index contributed by atoms with van der Waals surface area (Å²) in [4.78, 5) is 38.9. The molecule has 46 heavy (non-hydrogen) atoms. The number of esters is 1. The Kier molecular flexibility index (Phi) is 11.4. The van der Waals surface area contributed by atoms with Crippen LogP contribution in [0, 0.1) is 5.82 Å². The van der Waals surface area contributed by atoms with Crippen LogP contribution in [0.15, 0.2) is 103 Å². The Morgan fingerprint density at radius 3 is 2.30 bits per heavy atom. The number of alkyl halides is 3. The van der Waals surface area contributed by atoms with Gasteiger partial charge in [-0.2, -0.15) is 13.2 Å². The van der Waals surface area contributed by atoms with Gasteiger partial charge in [0.2, 0.25) is 5.91 Å². The highest BCUT2D eigenvalue weighted by molar-refractivity contribution is 6.01. The van der Waals surface area contributed by atoms with Gasteiger partial charge in [0.1, 0.15) is 11.6 Å². The van der Waals surface area contributed by atoms with Gasteiger partial charge in [-0.15, -0.1) is 0 Å². The van der Waals surface area contributed by atoms with Crippen LogP contribution in [0.3, 0.4) is 0 Å². The number of nitrogens with one attached hydrogen (secondary N) is 1. The van der Waals surface area contributed by atoms with Gasteiger partial charge < -0.3 is 20.7 Å². The predicted molar refractivity (Wildman–Crippen MR) is 166 cm³/mol. The van der Waals surface area contributed by atoms with Crippen molar-refractivity contribution in [2.45, 2.75) is 19.1 Å². The van der Waals surface area contributed by atoms with E-state index in [1.165, 1.54) is 42.5 Å². The number of nitrogens with two attached hydrogens (primary N) is 1. The van der Waals surface area contributed by atoms with Crippen LogP contribution in [0.4, 0.5) is 17.6 Å². The molecular weight excluding hydrogens is 602 g/mol. The number of hydrogen-bond acceptors (Lipinski definition) is 5. The first-order chi connectivity index (χ1) is 22.0. The van der Waals surface area contributed by atoms with Crippen molar-refractivity contribution in [2.75, 3.05) is 19.6 Å². The molecule has 0 aliphatic rings. The summed E-state index contributed by atoms with van der Waals surface area (Å²) in [6, 6.07) is 26.0. The number of carbonyl (C=O) groups excluding carboxylic acids is 3. The first-order valence-electron chi connectivity index (χ1n) is 14.3. The molecule has 0 radical (unpaired) electrons. The van der Waals surface area contributed by atoms with E-state index in [-0.39, 0.29) is 30.3 Å². The van der Waals surface area contributed by atoms with Crippen molar-refractivity contribution in [1.82, 2.24) is 10.2 Å². The molecule has 4 aromatic rings. The lowest BCUT2D eigenvalue weighted by molar-refractivity contribution is -0.189. The van der Waals surface area contributed by atoms with E-state index in [0.29, 0.717) is 36.2 Å². The SMILES string of the molecule is NCCNC(=O)c1ccccc1-c1cccc(CN(CCc2ccc(OC(=O)C(F)(F)F)cc2)C(=O)/C=C/c2ccccc2F)c1. The lowest BCUT2D eigenvalue weighted by atomic mass is 9.97. The number of halogens is 4. The summed E-state index contributed by atoms with van der Waals surface area (Å²) in [6.07, 6.45) is -2.14. The van der Waals surface area contributed by atoms with Crippen LogP contribution in [-0.4, -0.2) is 48.5 Å². The number of ether oxygens (including phenoxy) is 1. The van der Waals surface area contributed by atoms with E-state index in [1.54, 1.807) is 35.2 Å². The molecule has 0 bridgehead atoms. The molecule has 4 rings (SSSR count). The maximum absolute atomic E-state index is 14.2. The second kappa shape index (κ2) is 15.6. The fourth-order valence-electron chi connectivity index (χ4n) is 4.57. The predicted octanol–water partition coefficient (Wildman–Crippen LogP) is 5.93. The van der Waals surface area contributed by atoms with Crippen LogP contribution in [-0.2, 0) is 22.6 Å². The molecule has 0 aromatic heterocycles. The van der Waals surface area contributed by atoms with Crippen molar-refractivity contribution in [3.63, 3.8) is 0 Å². The zero-order chi connectivity index (χ0) is 33.1. The normalized spacial score (nSPS) is 11.3. The lowest BCUT2D eigenvalue weighted by Gasteiger charge is -2.22. The van der Waals surface area contributed by atoms with Gasteiger partial charge in [0.05, 0.1) is 0 Å². The molecule has 0 heterocycles. The Labute approximate surface area is 263 Å². The number of benzene rings is 4. The molecule has 2 amide bonds. The molecule has 0 aliphatic heterocycles. The van der Waals surface area contributed by atoms with Crippen molar-refractivity contribution < 1.29 is 36.7 Å². The van der Waals surface area contributed by atoms with Gasteiger partial charge in [-0.05, 0) is 65.1 Å². The van der Waals surface area contributed by atoms with Gasteiger partial charge >= 0.3 is 12.1 Å². The molecule has 0 unspecified atom stereocenters.